The first kappa shape index (κ1) is 9.00. The maximum Gasteiger partial charge on any atom is 0.223 e. The van der Waals surface area contributed by atoms with E-state index < -0.39 is 0 Å². The van der Waals surface area contributed by atoms with Crippen LogP contribution in [0.4, 0.5) is 0 Å². The van der Waals surface area contributed by atoms with Crippen molar-refractivity contribution in [2.24, 2.45) is 11.8 Å². The number of carbonyl (C=O) groups is 1. The Labute approximate surface area is 79.3 Å². The third-order valence-electron chi connectivity index (χ3n) is 2.88. The Kier molecular flexibility index (Phi) is 2.54. The number of amides is 1. The van der Waals surface area contributed by atoms with Crippen LogP contribution in [0.15, 0.2) is 0 Å². The standard InChI is InChI=1S/C10H18N2O/c1-7-6-9(7)10(13)12-5-4-11-8-2-3-8/h7-9,11H,2-6H2,1H3,(H,12,13). The van der Waals surface area contributed by atoms with Crippen LogP contribution in [0.1, 0.15) is 26.2 Å². The van der Waals surface area contributed by atoms with Crippen molar-refractivity contribution in [2.45, 2.75) is 32.2 Å². The molecule has 0 aliphatic heterocycles. The molecule has 2 fully saturated rings. The Balaban J connectivity index is 1.49. The molecule has 2 N–H and O–H groups in total. The molecule has 0 aromatic rings. The SMILES string of the molecule is CC1CC1C(=O)NCCNC1CC1. The van der Waals surface area contributed by atoms with E-state index in [1.54, 1.807) is 0 Å². The topological polar surface area (TPSA) is 41.1 Å². The van der Waals surface area contributed by atoms with Crippen molar-refractivity contribution in [3.05, 3.63) is 0 Å². The molecule has 0 aromatic heterocycles. The summed E-state index contributed by atoms with van der Waals surface area (Å²) in [6, 6.07) is 0.747. The van der Waals surface area contributed by atoms with Gasteiger partial charge in [0.05, 0.1) is 0 Å². The number of rotatable bonds is 5. The maximum atomic E-state index is 11.3. The van der Waals surface area contributed by atoms with Gasteiger partial charge < -0.3 is 10.6 Å². The molecule has 2 saturated carbocycles. The fourth-order valence-electron chi connectivity index (χ4n) is 1.57. The molecule has 3 nitrogen and oxygen atoms in total. The molecule has 0 saturated heterocycles. The van der Waals surface area contributed by atoms with Crippen molar-refractivity contribution in [1.29, 1.82) is 0 Å². The highest BCUT2D eigenvalue weighted by molar-refractivity contribution is 5.81. The van der Waals surface area contributed by atoms with Gasteiger partial charge in [-0.1, -0.05) is 6.92 Å². The van der Waals surface area contributed by atoms with Crippen molar-refractivity contribution >= 4 is 5.91 Å². The molecule has 74 valence electrons. The van der Waals surface area contributed by atoms with Crippen LogP contribution in [-0.2, 0) is 4.79 Å². The molecule has 0 heterocycles. The smallest absolute Gasteiger partial charge is 0.223 e. The zero-order valence-electron chi connectivity index (χ0n) is 8.18. The lowest BCUT2D eigenvalue weighted by atomic mass is 10.3. The summed E-state index contributed by atoms with van der Waals surface area (Å²) >= 11 is 0. The number of hydrogen-bond acceptors (Lipinski definition) is 2. The minimum absolute atomic E-state index is 0.255. The van der Waals surface area contributed by atoms with Crippen LogP contribution in [0.2, 0.25) is 0 Å². The molecule has 2 unspecified atom stereocenters. The summed E-state index contributed by atoms with van der Waals surface area (Å²) in [6.45, 7) is 3.85. The Bertz CT molecular complexity index is 201. The van der Waals surface area contributed by atoms with Crippen LogP contribution in [0.25, 0.3) is 0 Å². The zero-order chi connectivity index (χ0) is 9.26. The number of carbonyl (C=O) groups excluding carboxylic acids is 1. The van der Waals surface area contributed by atoms with Gasteiger partial charge in [0.15, 0.2) is 0 Å². The van der Waals surface area contributed by atoms with Gasteiger partial charge in [-0.2, -0.15) is 0 Å². The third-order valence-corrected chi connectivity index (χ3v) is 2.88. The molecular weight excluding hydrogens is 164 g/mol. The third kappa shape index (κ3) is 2.69. The van der Waals surface area contributed by atoms with Crippen LogP contribution in [0, 0.1) is 11.8 Å². The van der Waals surface area contributed by atoms with E-state index in [9.17, 15) is 4.79 Å². The first-order valence-electron chi connectivity index (χ1n) is 5.28. The molecule has 0 spiro atoms. The van der Waals surface area contributed by atoms with Crippen molar-refractivity contribution < 1.29 is 4.79 Å². The second-order valence-corrected chi connectivity index (χ2v) is 4.34. The predicted molar refractivity (Wildman–Crippen MR) is 51.3 cm³/mol. The van der Waals surface area contributed by atoms with E-state index >= 15 is 0 Å². The summed E-state index contributed by atoms with van der Waals surface area (Å²) in [5.41, 5.74) is 0. The second-order valence-electron chi connectivity index (χ2n) is 4.34. The highest BCUT2D eigenvalue weighted by Crippen LogP contribution is 2.37. The predicted octanol–water partition coefficient (Wildman–Crippen LogP) is 0.511. The molecule has 2 aliphatic carbocycles. The summed E-state index contributed by atoms with van der Waals surface area (Å²) < 4.78 is 0. The lowest BCUT2D eigenvalue weighted by Crippen LogP contribution is -2.33. The highest BCUT2D eigenvalue weighted by Gasteiger charge is 2.38. The normalized spacial score (nSPS) is 31.5. The summed E-state index contributed by atoms with van der Waals surface area (Å²) in [4.78, 5) is 11.3. The minimum Gasteiger partial charge on any atom is -0.355 e. The fraction of sp³-hybridized carbons (Fsp3) is 0.900. The highest BCUT2D eigenvalue weighted by atomic mass is 16.2. The first-order chi connectivity index (χ1) is 6.27. The van der Waals surface area contributed by atoms with Gasteiger partial charge >= 0.3 is 0 Å². The minimum atomic E-state index is 0.255. The van der Waals surface area contributed by atoms with E-state index in [0.717, 1.165) is 25.6 Å². The van der Waals surface area contributed by atoms with E-state index in [2.05, 4.69) is 17.6 Å². The number of hydrogen-bond donors (Lipinski definition) is 2. The van der Waals surface area contributed by atoms with E-state index in [4.69, 9.17) is 0 Å². The van der Waals surface area contributed by atoms with E-state index in [0.29, 0.717) is 11.8 Å². The lowest BCUT2D eigenvalue weighted by molar-refractivity contribution is -0.122. The monoisotopic (exact) mass is 182 g/mol. The Morgan fingerprint density at radius 3 is 2.62 bits per heavy atom. The summed E-state index contributed by atoms with van der Waals surface area (Å²) in [5, 5.41) is 6.32. The van der Waals surface area contributed by atoms with Crippen molar-refractivity contribution in [3.8, 4) is 0 Å². The van der Waals surface area contributed by atoms with Crippen molar-refractivity contribution in [2.75, 3.05) is 13.1 Å². The molecule has 2 aliphatic rings. The average Bonchev–Trinajstić information content (AvgIpc) is 2.94. The second kappa shape index (κ2) is 3.66. The Morgan fingerprint density at radius 2 is 2.08 bits per heavy atom. The molecule has 0 bridgehead atoms. The van der Waals surface area contributed by atoms with Gasteiger partial charge in [0.2, 0.25) is 5.91 Å². The molecule has 3 heteroatoms. The van der Waals surface area contributed by atoms with Gasteiger partial charge in [-0.3, -0.25) is 4.79 Å². The lowest BCUT2D eigenvalue weighted by Gasteiger charge is -2.04. The molecule has 1 amide bonds. The Hall–Kier alpha value is -0.570. The summed E-state index contributed by atoms with van der Waals surface area (Å²) in [6.07, 6.45) is 3.71. The van der Waals surface area contributed by atoms with Gasteiger partial charge in [0.1, 0.15) is 0 Å². The van der Waals surface area contributed by atoms with Gasteiger partial charge in [-0.15, -0.1) is 0 Å². The molecule has 0 radical (unpaired) electrons. The quantitative estimate of drug-likeness (QED) is 0.608. The van der Waals surface area contributed by atoms with E-state index in [-0.39, 0.29) is 5.91 Å². The van der Waals surface area contributed by atoms with Crippen molar-refractivity contribution in [3.63, 3.8) is 0 Å². The van der Waals surface area contributed by atoms with E-state index in [1.165, 1.54) is 12.8 Å². The maximum absolute atomic E-state index is 11.3. The van der Waals surface area contributed by atoms with Gasteiger partial charge in [-0.25, -0.2) is 0 Å². The van der Waals surface area contributed by atoms with Gasteiger partial charge in [-0.05, 0) is 25.2 Å². The average molecular weight is 182 g/mol. The largest absolute Gasteiger partial charge is 0.355 e. The summed E-state index contributed by atoms with van der Waals surface area (Å²) in [7, 11) is 0. The summed E-state index contributed by atoms with van der Waals surface area (Å²) in [5.74, 6) is 1.20. The van der Waals surface area contributed by atoms with Crippen LogP contribution in [0.3, 0.4) is 0 Å². The number of nitrogens with one attached hydrogen (secondary N) is 2. The fourth-order valence-corrected chi connectivity index (χ4v) is 1.57. The molecule has 2 rings (SSSR count). The van der Waals surface area contributed by atoms with Crippen LogP contribution in [0.5, 0.6) is 0 Å². The molecule has 0 aromatic carbocycles. The van der Waals surface area contributed by atoms with Crippen molar-refractivity contribution in [1.82, 2.24) is 10.6 Å². The first-order valence-corrected chi connectivity index (χ1v) is 5.28. The van der Waals surface area contributed by atoms with Gasteiger partial charge in [0.25, 0.3) is 0 Å². The molecular formula is C10H18N2O. The van der Waals surface area contributed by atoms with Crippen LogP contribution in [-0.4, -0.2) is 25.0 Å². The molecule has 2 atom stereocenters. The molecule has 13 heavy (non-hydrogen) atoms. The van der Waals surface area contributed by atoms with E-state index in [1.807, 2.05) is 0 Å². The van der Waals surface area contributed by atoms with Crippen LogP contribution >= 0.6 is 0 Å². The van der Waals surface area contributed by atoms with Crippen LogP contribution < -0.4 is 10.6 Å². The zero-order valence-corrected chi connectivity index (χ0v) is 8.18. The van der Waals surface area contributed by atoms with Gasteiger partial charge in [0, 0.05) is 25.0 Å². The Morgan fingerprint density at radius 1 is 1.38 bits per heavy atom.